The Morgan fingerprint density at radius 1 is 0.960 bits per heavy atom. The van der Waals surface area contributed by atoms with Crippen LogP contribution in [0.15, 0.2) is 59.5 Å². The lowest BCUT2D eigenvalue weighted by molar-refractivity contribution is 0.0698. The minimum absolute atomic E-state index is 0.0677. The Morgan fingerprint density at radius 2 is 1.64 bits per heavy atom. The number of rotatable bonds is 4. The van der Waals surface area contributed by atoms with Crippen molar-refractivity contribution in [2.45, 2.75) is 18.7 Å². The number of carbonyl (C=O) groups is 1. The van der Waals surface area contributed by atoms with E-state index in [9.17, 15) is 18.3 Å². The molecule has 5 nitrogen and oxygen atoms in total. The second-order valence-corrected chi connectivity index (χ2v) is 7.61. The fourth-order valence-corrected chi connectivity index (χ4v) is 3.99. The van der Waals surface area contributed by atoms with Crippen LogP contribution in [0.5, 0.6) is 0 Å². The first kappa shape index (κ1) is 17.0. The lowest BCUT2D eigenvalue weighted by Gasteiger charge is -2.14. The summed E-state index contributed by atoms with van der Waals surface area (Å²) in [5.41, 5.74) is 1.33. The highest BCUT2D eigenvalue weighted by molar-refractivity contribution is 7.92. The van der Waals surface area contributed by atoms with Gasteiger partial charge in [0.15, 0.2) is 0 Å². The average Bonchev–Trinajstić information content (AvgIpc) is 2.56. The van der Waals surface area contributed by atoms with Crippen molar-refractivity contribution in [3.63, 3.8) is 0 Å². The standard InChI is InChI=1S/C19H17NO4S/c1-12-9-13(2)18(17(10-12)19(21)22)20-25(23,24)16-8-7-14-5-3-4-6-15(14)11-16/h3-11,20H,1-2H3,(H,21,22). The fourth-order valence-electron chi connectivity index (χ4n) is 2.80. The molecule has 0 bridgehead atoms. The van der Waals surface area contributed by atoms with E-state index >= 15 is 0 Å². The molecule has 0 aliphatic rings. The molecule has 0 saturated heterocycles. The van der Waals surface area contributed by atoms with Crippen molar-refractivity contribution >= 4 is 32.5 Å². The van der Waals surface area contributed by atoms with Crippen molar-refractivity contribution in [3.05, 3.63) is 71.3 Å². The Balaban J connectivity index is 2.08. The summed E-state index contributed by atoms with van der Waals surface area (Å²) in [7, 11) is -3.91. The number of hydrogen-bond donors (Lipinski definition) is 2. The van der Waals surface area contributed by atoms with Crippen LogP contribution in [0, 0.1) is 13.8 Å². The number of carboxylic acid groups (broad SMARTS) is 1. The summed E-state index contributed by atoms with van der Waals surface area (Å²) in [4.78, 5) is 11.6. The number of benzene rings is 3. The molecular weight excluding hydrogens is 338 g/mol. The zero-order valence-corrected chi connectivity index (χ0v) is 14.6. The topological polar surface area (TPSA) is 83.5 Å². The van der Waals surface area contributed by atoms with Gasteiger partial charge in [0.1, 0.15) is 0 Å². The number of sulfonamides is 1. The molecule has 0 spiro atoms. The number of nitrogens with one attached hydrogen (secondary N) is 1. The van der Waals surface area contributed by atoms with E-state index in [1.807, 2.05) is 24.3 Å². The Kier molecular flexibility index (Phi) is 4.22. The Hall–Kier alpha value is -2.86. The minimum atomic E-state index is -3.91. The van der Waals surface area contributed by atoms with Gasteiger partial charge in [-0.1, -0.05) is 36.4 Å². The van der Waals surface area contributed by atoms with Gasteiger partial charge in [0.05, 0.1) is 16.1 Å². The van der Waals surface area contributed by atoms with E-state index < -0.39 is 16.0 Å². The summed E-state index contributed by atoms with van der Waals surface area (Å²) in [5, 5.41) is 11.1. The second kappa shape index (κ2) is 6.22. The number of fused-ring (bicyclic) bond motifs is 1. The molecule has 0 aliphatic heterocycles. The first-order valence-electron chi connectivity index (χ1n) is 7.64. The van der Waals surface area contributed by atoms with E-state index in [-0.39, 0.29) is 16.1 Å². The van der Waals surface area contributed by atoms with Gasteiger partial charge in [0.25, 0.3) is 10.0 Å². The maximum absolute atomic E-state index is 12.8. The summed E-state index contributed by atoms with van der Waals surface area (Å²) in [6.07, 6.45) is 0. The van der Waals surface area contributed by atoms with Crippen LogP contribution in [-0.4, -0.2) is 19.5 Å². The van der Waals surface area contributed by atoms with Gasteiger partial charge in [-0.15, -0.1) is 0 Å². The van der Waals surface area contributed by atoms with Crippen LogP contribution in [0.3, 0.4) is 0 Å². The molecule has 0 radical (unpaired) electrons. The van der Waals surface area contributed by atoms with Gasteiger partial charge in [-0.3, -0.25) is 4.72 Å². The van der Waals surface area contributed by atoms with Crippen molar-refractivity contribution < 1.29 is 18.3 Å². The monoisotopic (exact) mass is 355 g/mol. The highest BCUT2D eigenvalue weighted by Crippen LogP contribution is 2.27. The molecule has 0 saturated carbocycles. The summed E-state index contributed by atoms with van der Waals surface area (Å²) >= 11 is 0. The lowest BCUT2D eigenvalue weighted by atomic mass is 10.0. The van der Waals surface area contributed by atoms with Gasteiger partial charge in [-0.2, -0.15) is 0 Å². The minimum Gasteiger partial charge on any atom is -0.478 e. The number of aromatic carboxylic acids is 1. The third-order valence-corrected chi connectivity index (χ3v) is 5.33. The van der Waals surface area contributed by atoms with E-state index in [2.05, 4.69) is 4.72 Å². The SMILES string of the molecule is Cc1cc(C)c(NS(=O)(=O)c2ccc3ccccc3c2)c(C(=O)O)c1. The number of hydrogen-bond acceptors (Lipinski definition) is 3. The quantitative estimate of drug-likeness (QED) is 0.742. The first-order chi connectivity index (χ1) is 11.8. The molecule has 25 heavy (non-hydrogen) atoms. The van der Waals surface area contributed by atoms with Gasteiger partial charge in [0.2, 0.25) is 0 Å². The molecule has 0 aliphatic carbocycles. The number of carboxylic acids is 1. The van der Waals surface area contributed by atoms with Crippen molar-refractivity contribution in [3.8, 4) is 0 Å². The molecule has 128 valence electrons. The zero-order chi connectivity index (χ0) is 18.2. The summed E-state index contributed by atoms with van der Waals surface area (Å²) in [6, 6.07) is 15.4. The zero-order valence-electron chi connectivity index (χ0n) is 13.8. The van der Waals surface area contributed by atoms with Crippen LogP contribution in [0.2, 0.25) is 0 Å². The molecule has 3 aromatic rings. The van der Waals surface area contributed by atoms with Gasteiger partial charge >= 0.3 is 5.97 Å². The molecule has 0 aromatic heterocycles. The van der Waals surface area contributed by atoms with Crippen molar-refractivity contribution in [1.82, 2.24) is 0 Å². The fraction of sp³-hybridized carbons (Fsp3) is 0.105. The average molecular weight is 355 g/mol. The van der Waals surface area contributed by atoms with Gasteiger partial charge in [-0.25, -0.2) is 13.2 Å². The second-order valence-electron chi connectivity index (χ2n) is 5.92. The molecule has 0 fully saturated rings. The molecule has 3 aromatic carbocycles. The highest BCUT2D eigenvalue weighted by atomic mass is 32.2. The summed E-state index contributed by atoms with van der Waals surface area (Å²) in [6.45, 7) is 3.44. The van der Waals surface area contributed by atoms with Crippen LogP contribution in [0.25, 0.3) is 10.8 Å². The van der Waals surface area contributed by atoms with Crippen molar-refractivity contribution in [2.75, 3.05) is 4.72 Å². The lowest BCUT2D eigenvalue weighted by Crippen LogP contribution is -2.17. The molecular formula is C19H17NO4S. The molecule has 3 rings (SSSR count). The third-order valence-electron chi connectivity index (χ3n) is 3.98. The molecule has 0 amide bonds. The number of aryl methyl sites for hydroxylation is 2. The van der Waals surface area contributed by atoms with E-state index in [1.54, 1.807) is 32.0 Å². The Morgan fingerprint density at radius 3 is 2.32 bits per heavy atom. The predicted molar refractivity (Wildman–Crippen MR) is 97.6 cm³/mol. The van der Waals surface area contributed by atoms with E-state index in [0.717, 1.165) is 16.3 Å². The highest BCUT2D eigenvalue weighted by Gasteiger charge is 2.21. The largest absolute Gasteiger partial charge is 0.478 e. The van der Waals surface area contributed by atoms with Crippen LogP contribution in [0.4, 0.5) is 5.69 Å². The van der Waals surface area contributed by atoms with Gasteiger partial charge in [-0.05, 0) is 53.9 Å². The predicted octanol–water partition coefficient (Wildman–Crippen LogP) is 3.96. The van der Waals surface area contributed by atoms with E-state index in [4.69, 9.17) is 0 Å². The number of anilines is 1. The summed E-state index contributed by atoms with van der Waals surface area (Å²) < 4.78 is 27.9. The molecule has 2 N–H and O–H groups in total. The van der Waals surface area contributed by atoms with E-state index in [0.29, 0.717) is 5.56 Å². The van der Waals surface area contributed by atoms with E-state index in [1.165, 1.54) is 12.1 Å². The van der Waals surface area contributed by atoms with Crippen molar-refractivity contribution in [2.24, 2.45) is 0 Å². The van der Waals surface area contributed by atoms with Gasteiger partial charge in [0, 0.05) is 0 Å². The van der Waals surface area contributed by atoms with Crippen LogP contribution in [0.1, 0.15) is 21.5 Å². The molecule has 0 heterocycles. The maximum atomic E-state index is 12.8. The van der Waals surface area contributed by atoms with Crippen LogP contribution < -0.4 is 4.72 Å². The molecule has 0 unspecified atom stereocenters. The molecule has 6 heteroatoms. The Bertz CT molecular complexity index is 1090. The first-order valence-corrected chi connectivity index (χ1v) is 9.12. The maximum Gasteiger partial charge on any atom is 0.337 e. The van der Waals surface area contributed by atoms with Crippen molar-refractivity contribution in [1.29, 1.82) is 0 Å². The van der Waals surface area contributed by atoms with Crippen LogP contribution in [-0.2, 0) is 10.0 Å². The Labute approximate surface area is 146 Å². The normalized spacial score (nSPS) is 11.4. The summed E-state index contributed by atoms with van der Waals surface area (Å²) in [5.74, 6) is -1.18. The third kappa shape index (κ3) is 3.34. The van der Waals surface area contributed by atoms with Crippen LogP contribution >= 0.6 is 0 Å². The van der Waals surface area contributed by atoms with Gasteiger partial charge < -0.3 is 5.11 Å². The molecule has 0 atom stereocenters. The smallest absolute Gasteiger partial charge is 0.337 e.